The van der Waals surface area contributed by atoms with E-state index in [1.807, 2.05) is 35.6 Å². The molecule has 1 heterocycles. The fourth-order valence-electron chi connectivity index (χ4n) is 4.88. The average molecular weight is 631 g/mol. The molecule has 3 amide bonds. The molecule has 1 aliphatic heterocycles. The van der Waals surface area contributed by atoms with Gasteiger partial charge in [0.25, 0.3) is 11.8 Å². The van der Waals surface area contributed by atoms with Gasteiger partial charge >= 0.3 is 12.1 Å². The van der Waals surface area contributed by atoms with Crippen LogP contribution in [0.5, 0.6) is 17.2 Å². The third-order valence-corrected chi connectivity index (χ3v) is 7.14. The lowest BCUT2D eigenvalue weighted by atomic mass is 10.0. The largest absolute Gasteiger partial charge is 0.495 e. The maximum Gasteiger partial charge on any atom is 0.471 e. The Balaban J connectivity index is 1.32. The van der Waals surface area contributed by atoms with Gasteiger partial charge in [0, 0.05) is 6.54 Å². The molecule has 0 bridgehead atoms. The lowest BCUT2D eigenvalue weighted by Crippen LogP contribution is -2.30. The summed E-state index contributed by atoms with van der Waals surface area (Å²) < 4.78 is 56.9. The third kappa shape index (κ3) is 7.20. The van der Waals surface area contributed by atoms with E-state index in [9.17, 15) is 27.6 Å². The number of hydrogen-bond acceptors (Lipinski definition) is 6. The number of benzene rings is 4. The van der Waals surface area contributed by atoms with Crippen LogP contribution in [0.2, 0.25) is 0 Å². The smallest absolute Gasteiger partial charge is 0.471 e. The number of nitrogens with one attached hydrogen (secondary N) is 1. The zero-order valence-corrected chi connectivity index (χ0v) is 24.7. The zero-order chi connectivity index (χ0) is 32.7. The third-order valence-electron chi connectivity index (χ3n) is 7.14. The molecule has 0 saturated carbocycles. The van der Waals surface area contributed by atoms with Crippen LogP contribution in [0.4, 0.5) is 18.9 Å². The molecule has 236 valence electrons. The molecule has 0 radical (unpaired) electrons. The number of alkyl halides is 3. The van der Waals surface area contributed by atoms with Crippen molar-refractivity contribution in [2.24, 2.45) is 0 Å². The molecule has 1 aliphatic rings. The first-order valence-electron chi connectivity index (χ1n) is 14.3. The van der Waals surface area contributed by atoms with Crippen molar-refractivity contribution in [2.45, 2.75) is 19.2 Å². The number of nitrogens with zero attached hydrogens (tertiary/aromatic N) is 1. The van der Waals surface area contributed by atoms with Crippen molar-refractivity contribution in [2.75, 3.05) is 25.6 Å². The summed E-state index contributed by atoms with van der Waals surface area (Å²) in [7, 11) is 1.28. The van der Waals surface area contributed by atoms with Gasteiger partial charge in [0.2, 0.25) is 0 Å². The van der Waals surface area contributed by atoms with E-state index in [0.717, 1.165) is 5.56 Å². The number of halogens is 3. The molecule has 0 aromatic heterocycles. The quantitative estimate of drug-likeness (QED) is 0.133. The summed E-state index contributed by atoms with van der Waals surface area (Å²) in [6, 6.07) is 25.7. The van der Waals surface area contributed by atoms with E-state index < -0.39 is 12.1 Å². The highest BCUT2D eigenvalue weighted by molar-refractivity contribution is 6.21. The maximum absolute atomic E-state index is 13.3. The summed E-state index contributed by atoms with van der Waals surface area (Å²) in [5.74, 6) is -2.15. The molecule has 5 rings (SSSR count). The molecule has 0 aliphatic carbocycles. The van der Waals surface area contributed by atoms with Crippen LogP contribution >= 0.6 is 0 Å². The molecule has 0 fully saturated rings. The highest BCUT2D eigenvalue weighted by Crippen LogP contribution is 2.44. The van der Waals surface area contributed by atoms with Gasteiger partial charge in [0.05, 0.1) is 29.5 Å². The predicted octanol–water partition coefficient (Wildman–Crippen LogP) is 7.06. The molecule has 0 saturated heterocycles. The van der Waals surface area contributed by atoms with Gasteiger partial charge in [-0.05, 0) is 53.9 Å². The van der Waals surface area contributed by atoms with E-state index in [1.54, 1.807) is 60.7 Å². The van der Waals surface area contributed by atoms with Crippen LogP contribution < -0.4 is 19.5 Å². The van der Waals surface area contributed by atoms with Crippen molar-refractivity contribution < 1.29 is 41.8 Å². The van der Waals surface area contributed by atoms with E-state index in [2.05, 4.69) is 0 Å². The molecule has 0 spiro atoms. The van der Waals surface area contributed by atoms with E-state index in [0.29, 0.717) is 35.5 Å². The molecule has 11 heteroatoms. The Hall–Kier alpha value is -5.58. The van der Waals surface area contributed by atoms with Crippen molar-refractivity contribution in [1.29, 1.82) is 0 Å². The van der Waals surface area contributed by atoms with Gasteiger partial charge in [-0.25, -0.2) is 0 Å². The number of carbonyl (C=O) groups excluding carboxylic acids is 3. The first kappa shape index (κ1) is 31.8. The molecule has 1 N–H and O–H groups in total. The topological polar surface area (TPSA) is 94.2 Å². The van der Waals surface area contributed by atoms with Crippen LogP contribution in [0.25, 0.3) is 11.1 Å². The number of carbonyl (C=O) groups is 3. The van der Waals surface area contributed by atoms with Crippen LogP contribution in [0.1, 0.15) is 32.7 Å². The van der Waals surface area contributed by atoms with Gasteiger partial charge in [0.1, 0.15) is 30.5 Å². The normalized spacial score (nSPS) is 12.7. The van der Waals surface area contributed by atoms with E-state index in [1.165, 1.54) is 24.1 Å². The Morgan fingerprint density at radius 3 is 2.07 bits per heavy atom. The summed E-state index contributed by atoms with van der Waals surface area (Å²) in [6.07, 6.45) is -1.38. The van der Waals surface area contributed by atoms with Crippen LogP contribution in [-0.4, -0.2) is 49.1 Å². The second-order valence-electron chi connectivity index (χ2n) is 10.1. The number of rotatable bonds is 12. The number of fused-ring (bicyclic) bond motifs is 1. The fraction of sp³-hybridized carbons (Fsp3) is 0.171. The van der Waals surface area contributed by atoms with Gasteiger partial charge in [-0.1, -0.05) is 66.7 Å². The molecule has 8 nitrogen and oxygen atoms in total. The number of amides is 3. The van der Waals surface area contributed by atoms with Crippen molar-refractivity contribution in [3.8, 4) is 28.4 Å². The van der Waals surface area contributed by atoms with E-state index >= 15 is 0 Å². The van der Waals surface area contributed by atoms with Gasteiger partial charge in [-0.15, -0.1) is 0 Å². The monoisotopic (exact) mass is 630 g/mol. The second-order valence-corrected chi connectivity index (χ2v) is 10.1. The summed E-state index contributed by atoms with van der Waals surface area (Å²) in [4.78, 5) is 38.3. The minimum Gasteiger partial charge on any atom is -0.495 e. The first-order chi connectivity index (χ1) is 22.2. The standard InChI is InChI=1S/C35H29F3N2O6/c1-44-29-19-18-28(45-21-9-3-8-20-40-32(41)26-12-6-7-13-27(26)33(40)42)30(31(29)39-34(43)35(36,37)38)24-14-16-25(17-15-24)46-22-23-10-4-2-5-11-23/h2-7,9-19H,8,20-22H2,1H3,(H,39,43)/b9-3+. The van der Waals surface area contributed by atoms with Gasteiger partial charge in [0.15, 0.2) is 0 Å². The summed E-state index contributed by atoms with van der Waals surface area (Å²) >= 11 is 0. The van der Waals surface area contributed by atoms with Gasteiger partial charge < -0.3 is 19.5 Å². The first-order valence-corrected chi connectivity index (χ1v) is 14.3. The highest BCUT2D eigenvalue weighted by Gasteiger charge is 2.40. The predicted molar refractivity (Wildman–Crippen MR) is 165 cm³/mol. The number of methoxy groups -OCH3 is 1. The van der Waals surface area contributed by atoms with Crippen molar-refractivity contribution in [3.63, 3.8) is 0 Å². The zero-order valence-electron chi connectivity index (χ0n) is 24.7. The van der Waals surface area contributed by atoms with E-state index in [4.69, 9.17) is 14.2 Å². The Morgan fingerprint density at radius 1 is 0.804 bits per heavy atom. The fourth-order valence-corrected chi connectivity index (χ4v) is 4.88. The average Bonchev–Trinajstić information content (AvgIpc) is 3.30. The summed E-state index contributed by atoms with van der Waals surface area (Å²) in [6.45, 7) is 0.495. The van der Waals surface area contributed by atoms with Crippen molar-refractivity contribution in [3.05, 3.63) is 120 Å². The Morgan fingerprint density at radius 2 is 1.43 bits per heavy atom. The van der Waals surface area contributed by atoms with Crippen LogP contribution in [-0.2, 0) is 11.4 Å². The molecular formula is C35H29F3N2O6. The minimum absolute atomic E-state index is 0.000778. The van der Waals surface area contributed by atoms with Crippen molar-refractivity contribution >= 4 is 23.4 Å². The lowest BCUT2D eigenvalue weighted by Gasteiger charge is -2.20. The number of hydrogen-bond donors (Lipinski definition) is 1. The maximum atomic E-state index is 13.3. The Bertz CT molecular complexity index is 1720. The van der Waals surface area contributed by atoms with Crippen LogP contribution in [0, 0.1) is 0 Å². The molecule has 0 atom stereocenters. The van der Waals surface area contributed by atoms with Crippen LogP contribution in [0.3, 0.4) is 0 Å². The second kappa shape index (κ2) is 14.0. The molecule has 46 heavy (non-hydrogen) atoms. The Labute approximate surface area is 263 Å². The van der Waals surface area contributed by atoms with Crippen LogP contribution in [0.15, 0.2) is 103 Å². The van der Waals surface area contributed by atoms with Gasteiger partial charge in [-0.2, -0.15) is 13.2 Å². The SMILES string of the molecule is COc1ccc(OC/C=C/CCN2C(=O)c3ccccc3C2=O)c(-c2ccc(OCc3ccccc3)cc2)c1NC(=O)C(F)(F)F. The lowest BCUT2D eigenvalue weighted by molar-refractivity contribution is -0.167. The molecular weight excluding hydrogens is 601 g/mol. The number of ether oxygens (including phenoxy) is 3. The molecule has 4 aromatic rings. The highest BCUT2D eigenvalue weighted by atomic mass is 19.4. The summed E-state index contributed by atoms with van der Waals surface area (Å²) in [5, 5.41) is 1.94. The number of anilines is 1. The van der Waals surface area contributed by atoms with Gasteiger partial charge in [-0.3, -0.25) is 19.3 Å². The van der Waals surface area contributed by atoms with E-state index in [-0.39, 0.29) is 47.7 Å². The Kier molecular flexibility index (Phi) is 9.70. The molecule has 4 aromatic carbocycles. The molecule has 0 unspecified atom stereocenters. The van der Waals surface area contributed by atoms with Crippen molar-refractivity contribution in [1.82, 2.24) is 4.90 Å². The summed E-state index contributed by atoms with van der Waals surface area (Å²) in [5.41, 5.74) is 2.10. The minimum atomic E-state index is -5.14. The number of imide groups is 1.